The Morgan fingerprint density at radius 3 is 2.54 bits per heavy atom. The summed E-state index contributed by atoms with van der Waals surface area (Å²) in [5.74, 6) is 0.647. The zero-order valence-electron chi connectivity index (χ0n) is 23.6. The van der Waals surface area contributed by atoms with E-state index in [0.717, 1.165) is 10.1 Å². The molecule has 1 amide bonds. The highest BCUT2D eigenvalue weighted by Gasteiger charge is 2.16. The lowest BCUT2D eigenvalue weighted by Gasteiger charge is -2.11. The van der Waals surface area contributed by atoms with Crippen LogP contribution < -0.4 is 15.4 Å². The normalized spacial score (nSPS) is 11.7. The van der Waals surface area contributed by atoms with Crippen molar-refractivity contribution in [3.05, 3.63) is 131 Å². The number of rotatable bonds is 9. The lowest BCUT2D eigenvalue weighted by atomic mass is 10.2. The molecule has 226 valence electrons. The van der Waals surface area contributed by atoms with Gasteiger partial charge in [0.15, 0.2) is 16.6 Å². The van der Waals surface area contributed by atoms with Gasteiger partial charge in [-0.25, -0.2) is 18.1 Å². The summed E-state index contributed by atoms with van der Waals surface area (Å²) < 4.78 is 21.7. The first-order chi connectivity index (χ1) is 22.4. The zero-order chi connectivity index (χ0) is 31.6. The maximum atomic E-state index is 13.1. The minimum atomic E-state index is -1.45. The highest BCUT2D eigenvalue weighted by molar-refractivity contribution is 7.83. The monoisotopic (exact) mass is 647 g/mol. The maximum Gasteiger partial charge on any atom is 0.269 e. The lowest BCUT2D eigenvalue weighted by Crippen LogP contribution is -2.12. The Balaban J connectivity index is 1.10. The van der Waals surface area contributed by atoms with Gasteiger partial charge in [0.2, 0.25) is 11.8 Å². The van der Waals surface area contributed by atoms with E-state index in [-0.39, 0.29) is 17.2 Å². The van der Waals surface area contributed by atoms with Crippen LogP contribution in [0.4, 0.5) is 23.0 Å². The van der Waals surface area contributed by atoms with E-state index in [1.807, 2.05) is 41.8 Å². The molecule has 0 aliphatic rings. The summed E-state index contributed by atoms with van der Waals surface area (Å²) in [5, 5.41) is 19.5. The number of nitro groups is 1. The van der Waals surface area contributed by atoms with Gasteiger partial charge in [0.25, 0.3) is 11.6 Å². The number of carbonyl (C=O) groups is 1. The molecule has 0 bridgehead atoms. The summed E-state index contributed by atoms with van der Waals surface area (Å²) in [5.41, 5.74) is 2.53. The summed E-state index contributed by atoms with van der Waals surface area (Å²) in [7, 11) is -1.45. The number of hydrogen-bond donors (Lipinski definition) is 2. The molecular weight excluding hydrogens is 627 g/mol. The summed E-state index contributed by atoms with van der Waals surface area (Å²) in [4.78, 5) is 37.5. The van der Waals surface area contributed by atoms with Crippen molar-refractivity contribution in [1.82, 2.24) is 18.9 Å². The van der Waals surface area contributed by atoms with Crippen molar-refractivity contribution >= 4 is 72.5 Å². The first-order valence-electron chi connectivity index (χ1n) is 13.7. The molecule has 1 unspecified atom stereocenters. The molecule has 0 saturated carbocycles. The fraction of sp³-hybridized carbons (Fsp3) is 0. The lowest BCUT2D eigenvalue weighted by molar-refractivity contribution is -0.384. The Morgan fingerprint density at radius 1 is 0.935 bits per heavy atom. The fourth-order valence-corrected chi connectivity index (χ4v) is 6.49. The Hall–Kier alpha value is -5.99. The third kappa shape index (κ3) is 5.89. The van der Waals surface area contributed by atoms with Crippen molar-refractivity contribution in [2.75, 3.05) is 10.6 Å². The summed E-state index contributed by atoms with van der Waals surface area (Å²) in [6, 6.07) is 27.0. The SMILES string of the molecule is O=C(Nc1cccc(Nc2nc(Oc3cnc4c(ccn4S(=O)c4ccccc4)c3)c3sccc3n2)c1)c1ccc([N+](=O)[O-])cc1. The van der Waals surface area contributed by atoms with Gasteiger partial charge < -0.3 is 15.4 Å². The van der Waals surface area contributed by atoms with Crippen molar-refractivity contribution < 1.29 is 18.7 Å². The number of aromatic nitrogens is 4. The Labute approximate surface area is 267 Å². The number of benzene rings is 3. The minimum Gasteiger partial charge on any atom is -0.436 e. The van der Waals surface area contributed by atoms with Gasteiger partial charge >= 0.3 is 0 Å². The van der Waals surface area contributed by atoms with Crippen LogP contribution in [0.25, 0.3) is 21.3 Å². The van der Waals surface area contributed by atoms with Crippen LogP contribution in [0.5, 0.6) is 11.6 Å². The molecule has 7 rings (SSSR count). The van der Waals surface area contributed by atoms with E-state index in [4.69, 9.17) is 4.74 Å². The average molecular weight is 648 g/mol. The van der Waals surface area contributed by atoms with Gasteiger partial charge in [-0.05, 0) is 66.0 Å². The van der Waals surface area contributed by atoms with Crippen LogP contribution in [0.1, 0.15) is 10.4 Å². The number of hydrogen-bond acceptors (Lipinski definition) is 10. The molecule has 4 heterocycles. The summed E-state index contributed by atoms with van der Waals surface area (Å²) in [6.07, 6.45) is 3.30. The van der Waals surface area contributed by atoms with Crippen LogP contribution in [-0.2, 0) is 11.0 Å². The topological polar surface area (TPSA) is 154 Å². The van der Waals surface area contributed by atoms with Crippen LogP contribution in [0.3, 0.4) is 0 Å². The molecule has 0 radical (unpaired) electrons. The molecule has 2 N–H and O–H groups in total. The summed E-state index contributed by atoms with van der Waals surface area (Å²) >= 11 is 1.44. The van der Waals surface area contributed by atoms with Gasteiger partial charge in [-0.15, -0.1) is 11.3 Å². The highest BCUT2D eigenvalue weighted by atomic mass is 32.2. The van der Waals surface area contributed by atoms with Crippen LogP contribution in [0.2, 0.25) is 0 Å². The van der Waals surface area contributed by atoms with Gasteiger partial charge in [-0.2, -0.15) is 4.98 Å². The number of non-ortho nitro benzene ring substituents is 1. The van der Waals surface area contributed by atoms with Crippen LogP contribution >= 0.6 is 11.3 Å². The fourth-order valence-electron chi connectivity index (χ4n) is 4.63. The number of nitrogens with zero attached hydrogens (tertiary/aromatic N) is 5. The van der Waals surface area contributed by atoms with E-state index < -0.39 is 21.8 Å². The number of nitrogens with one attached hydrogen (secondary N) is 2. The maximum absolute atomic E-state index is 13.1. The van der Waals surface area contributed by atoms with Gasteiger partial charge in [0.1, 0.15) is 10.4 Å². The second-order valence-electron chi connectivity index (χ2n) is 9.84. The molecule has 0 fully saturated rings. The van der Waals surface area contributed by atoms with Crippen molar-refractivity contribution in [1.29, 1.82) is 0 Å². The van der Waals surface area contributed by atoms with Crippen molar-refractivity contribution in [3.63, 3.8) is 0 Å². The number of anilines is 3. The third-order valence-corrected chi connectivity index (χ3v) is 9.01. The molecule has 0 saturated heterocycles. The van der Waals surface area contributed by atoms with Gasteiger partial charge in [0, 0.05) is 40.7 Å². The molecule has 7 aromatic rings. The first kappa shape index (κ1) is 28.8. The van der Waals surface area contributed by atoms with Crippen molar-refractivity contribution in [2.24, 2.45) is 0 Å². The van der Waals surface area contributed by atoms with E-state index in [0.29, 0.717) is 39.1 Å². The first-order valence-corrected chi connectivity index (χ1v) is 15.7. The van der Waals surface area contributed by atoms with Crippen LogP contribution in [0.15, 0.2) is 120 Å². The van der Waals surface area contributed by atoms with Crippen molar-refractivity contribution in [2.45, 2.75) is 4.90 Å². The Morgan fingerprint density at radius 2 is 1.74 bits per heavy atom. The molecule has 1 atom stereocenters. The second kappa shape index (κ2) is 12.2. The predicted octanol–water partition coefficient (Wildman–Crippen LogP) is 7.31. The number of ether oxygens (including phenoxy) is 1. The van der Waals surface area contributed by atoms with Crippen LogP contribution in [0, 0.1) is 10.1 Å². The van der Waals surface area contributed by atoms with E-state index >= 15 is 0 Å². The molecule has 46 heavy (non-hydrogen) atoms. The standard InChI is InChI=1S/C32H21N7O5S2/c40-30(20-9-11-24(12-10-20)39(41)42)34-22-5-4-6-23(18-22)35-32-36-27-14-16-45-28(27)31(37-32)44-25-17-21-13-15-38(29(21)33-19-25)46(43)26-7-2-1-3-8-26/h1-19H,(H,34,40)(H,35,36,37). The number of thiophene rings is 1. The number of nitro benzene ring substituents is 1. The molecule has 14 heteroatoms. The number of amides is 1. The molecule has 4 aromatic heterocycles. The Kier molecular flexibility index (Phi) is 7.62. The minimum absolute atomic E-state index is 0.0962. The van der Waals surface area contributed by atoms with E-state index in [1.165, 1.54) is 35.6 Å². The third-order valence-electron chi connectivity index (χ3n) is 6.80. The van der Waals surface area contributed by atoms with E-state index in [9.17, 15) is 19.1 Å². The van der Waals surface area contributed by atoms with Gasteiger partial charge in [-0.3, -0.25) is 14.9 Å². The highest BCUT2D eigenvalue weighted by Crippen LogP contribution is 2.34. The van der Waals surface area contributed by atoms with Crippen molar-refractivity contribution in [3.8, 4) is 11.6 Å². The molecule has 0 aliphatic heterocycles. The number of pyridine rings is 1. The molecular formula is C32H21N7O5S2. The van der Waals surface area contributed by atoms with E-state index in [1.54, 1.807) is 52.8 Å². The summed E-state index contributed by atoms with van der Waals surface area (Å²) in [6.45, 7) is 0. The van der Waals surface area contributed by atoms with Gasteiger partial charge in [-0.1, -0.05) is 24.3 Å². The zero-order valence-corrected chi connectivity index (χ0v) is 25.2. The molecule has 0 aliphatic carbocycles. The predicted molar refractivity (Wildman–Crippen MR) is 176 cm³/mol. The molecule has 12 nitrogen and oxygen atoms in total. The second-order valence-corrected chi connectivity index (χ2v) is 12.1. The molecule has 0 spiro atoms. The quantitative estimate of drug-likeness (QED) is 0.121. The van der Waals surface area contributed by atoms with Gasteiger partial charge in [0.05, 0.1) is 21.5 Å². The number of fused-ring (bicyclic) bond motifs is 2. The van der Waals surface area contributed by atoms with E-state index in [2.05, 4.69) is 25.6 Å². The average Bonchev–Trinajstić information content (AvgIpc) is 3.72. The number of carbonyl (C=O) groups excluding carboxylic acids is 1. The Bertz CT molecular complexity index is 2270. The smallest absolute Gasteiger partial charge is 0.269 e. The van der Waals surface area contributed by atoms with Crippen LogP contribution in [-0.4, -0.2) is 34.0 Å². The largest absolute Gasteiger partial charge is 0.436 e. The molecule has 3 aromatic carbocycles.